The lowest BCUT2D eigenvalue weighted by atomic mass is 10.1. The van der Waals surface area contributed by atoms with Crippen LogP contribution in [0.15, 0.2) is 36.0 Å². The van der Waals surface area contributed by atoms with Gasteiger partial charge in [0.15, 0.2) is 0 Å². The average Bonchev–Trinajstić information content (AvgIpc) is 2.86. The number of thiophene rings is 1. The summed E-state index contributed by atoms with van der Waals surface area (Å²) >= 11 is 1.46. The molecule has 5 heteroatoms. The van der Waals surface area contributed by atoms with Crippen LogP contribution >= 0.6 is 11.3 Å². The molecule has 0 bridgehead atoms. The van der Waals surface area contributed by atoms with Crippen molar-refractivity contribution in [3.05, 3.63) is 52.0 Å². The Balaban J connectivity index is 1.93. The number of carbonyl (C=O) groups is 1. The van der Waals surface area contributed by atoms with Crippen molar-refractivity contribution in [3.8, 4) is 0 Å². The van der Waals surface area contributed by atoms with E-state index in [1.54, 1.807) is 17.6 Å². The largest absolute Gasteiger partial charge is 0.478 e. The molecule has 2 aromatic heterocycles. The Labute approximate surface area is 109 Å². The molecular formula is C13H14N2O2S. The van der Waals surface area contributed by atoms with Crippen molar-refractivity contribution in [2.45, 2.75) is 19.5 Å². The molecular weight excluding hydrogens is 248 g/mol. The molecule has 0 aromatic carbocycles. The lowest BCUT2D eigenvalue weighted by Gasteiger charge is -2.12. The number of aromatic nitrogens is 1. The number of aromatic carboxylic acids is 1. The third-order valence-corrected chi connectivity index (χ3v) is 3.60. The smallest absolute Gasteiger partial charge is 0.336 e. The Morgan fingerprint density at radius 1 is 1.61 bits per heavy atom. The maximum absolute atomic E-state index is 10.8. The van der Waals surface area contributed by atoms with Gasteiger partial charge in [-0.05, 0) is 24.6 Å². The maximum atomic E-state index is 10.8. The number of carboxylic acids is 1. The van der Waals surface area contributed by atoms with Crippen molar-refractivity contribution in [2.24, 2.45) is 0 Å². The van der Waals surface area contributed by atoms with Crippen molar-refractivity contribution in [1.29, 1.82) is 0 Å². The predicted molar refractivity (Wildman–Crippen MR) is 70.8 cm³/mol. The van der Waals surface area contributed by atoms with Crippen LogP contribution in [0.1, 0.15) is 33.8 Å². The van der Waals surface area contributed by atoms with E-state index in [9.17, 15) is 4.79 Å². The lowest BCUT2D eigenvalue weighted by molar-refractivity contribution is 0.0697. The molecule has 0 spiro atoms. The van der Waals surface area contributed by atoms with Crippen LogP contribution in [0.3, 0.4) is 0 Å². The van der Waals surface area contributed by atoms with Crippen LogP contribution in [0.2, 0.25) is 0 Å². The number of pyridine rings is 1. The summed E-state index contributed by atoms with van der Waals surface area (Å²) in [4.78, 5) is 15.8. The molecule has 94 valence electrons. The van der Waals surface area contributed by atoms with Crippen LogP contribution in [-0.2, 0) is 6.54 Å². The summed E-state index contributed by atoms with van der Waals surface area (Å²) in [5.74, 6) is -0.877. The molecule has 0 radical (unpaired) electrons. The molecule has 18 heavy (non-hydrogen) atoms. The minimum atomic E-state index is -0.877. The van der Waals surface area contributed by atoms with E-state index in [1.807, 2.05) is 18.3 Å². The topological polar surface area (TPSA) is 62.2 Å². The first-order valence-electron chi connectivity index (χ1n) is 5.61. The SMILES string of the molecule is CC(NCc1cc(C(=O)O)cs1)c1cccnc1. The summed E-state index contributed by atoms with van der Waals surface area (Å²) in [6, 6.07) is 5.81. The predicted octanol–water partition coefficient (Wildman–Crippen LogP) is 2.69. The van der Waals surface area contributed by atoms with Crippen LogP contribution in [-0.4, -0.2) is 16.1 Å². The zero-order valence-corrected chi connectivity index (χ0v) is 10.8. The molecule has 0 amide bonds. The van der Waals surface area contributed by atoms with E-state index >= 15 is 0 Å². The molecule has 0 fully saturated rings. The highest BCUT2D eigenvalue weighted by Gasteiger charge is 2.08. The van der Waals surface area contributed by atoms with E-state index in [1.165, 1.54) is 11.3 Å². The van der Waals surface area contributed by atoms with Gasteiger partial charge in [0.2, 0.25) is 0 Å². The fourth-order valence-electron chi connectivity index (χ4n) is 1.59. The third kappa shape index (κ3) is 3.15. The standard InChI is InChI=1S/C13H14N2O2S/c1-9(10-3-2-4-14-6-10)15-7-12-5-11(8-18-12)13(16)17/h2-6,8-9,15H,7H2,1H3,(H,16,17). The third-order valence-electron chi connectivity index (χ3n) is 2.67. The van der Waals surface area contributed by atoms with Crippen molar-refractivity contribution in [1.82, 2.24) is 10.3 Å². The van der Waals surface area contributed by atoms with Gasteiger partial charge in [-0.15, -0.1) is 11.3 Å². The van der Waals surface area contributed by atoms with Gasteiger partial charge in [-0.3, -0.25) is 4.98 Å². The molecule has 0 saturated carbocycles. The Morgan fingerprint density at radius 3 is 3.06 bits per heavy atom. The van der Waals surface area contributed by atoms with Crippen molar-refractivity contribution >= 4 is 17.3 Å². The fraction of sp³-hybridized carbons (Fsp3) is 0.231. The van der Waals surface area contributed by atoms with E-state index in [-0.39, 0.29) is 6.04 Å². The zero-order valence-electron chi connectivity index (χ0n) is 9.96. The highest BCUT2D eigenvalue weighted by atomic mass is 32.1. The number of carboxylic acid groups (broad SMARTS) is 1. The first kappa shape index (κ1) is 12.7. The maximum Gasteiger partial charge on any atom is 0.336 e. The van der Waals surface area contributed by atoms with Gasteiger partial charge >= 0.3 is 5.97 Å². The second-order valence-corrected chi connectivity index (χ2v) is 4.99. The summed E-state index contributed by atoms with van der Waals surface area (Å²) in [7, 11) is 0. The molecule has 0 saturated heterocycles. The first-order chi connectivity index (χ1) is 8.66. The fourth-order valence-corrected chi connectivity index (χ4v) is 2.40. The Hall–Kier alpha value is -1.72. The minimum absolute atomic E-state index is 0.189. The van der Waals surface area contributed by atoms with E-state index in [2.05, 4.69) is 17.2 Å². The van der Waals surface area contributed by atoms with Gasteiger partial charge in [-0.1, -0.05) is 6.07 Å². The molecule has 4 nitrogen and oxygen atoms in total. The molecule has 2 rings (SSSR count). The molecule has 0 aliphatic rings. The summed E-state index contributed by atoms with van der Waals surface area (Å²) in [5.41, 5.74) is 1.47. The number of hydrogen-bond acceptors (Lipinski definition) is 4. The summed E-state index contributed by atoms with van der Waals surface area (Å²) in [6.45, 7) is 2.72. The van der Waals surface area contributed by atoms with E-state index in [0.717, 1.165) is 10.4 Å². The number of nitrogens with zero attached hydrogens (tertiary/aromatic N) is 1. The van der Waals surface area contributed by atoms with Gasteiger partial charge in [0.1, 0.15) is 0 Å². The second kappa shape index (κ2) is 5.75. The second-order valence-electron chi connectivity index (χ2n) is 4.00. The van der Waals surface area contributed by atoms with Crippen LogP contribution in [0.5, 0.6) is 0 Å². The van der Waals surface area contributed by atoms with E-state index in [0.29, 0.717) is 12.1 Å². The Kier molecular flexibility index (Phi) is 4.07. The molecule has 2 N–H and O–H groups in total. The van der Waals surface area contributed by atoms with Crippen LogP contribution < -0.4 is 5.32 Å². The molecule has 0 aliphatic heterocycles. The Morgan fingerprint density at radius 2 is 2.44 bits per heavy atom. The average molecular weight is 262 g/mol. The van der Waals surface area contributed by atoms with Crippen molar-refractivity contribution in [3.63, 3.8) is 0 Å². The zero-order chi connectivity index (χ0) is 13.0. The van der Waals surface area contributed by atoms with E-state index in [4.69, 9.17) is 5.11 Å². The summed E-state index contributed by atoms with van der Waals surface area (Å²) in [6.07, 6.45) is 3.57. The molecule has 1 unspecified atom stereocenters. The van der Waals surface area contributed by atoms with Crippen LogP contribution in [0.25, 0.3) is 0 Å². The number of nitrogens with one attached hydrogen (secondary N) is 1. The molecule has 2 aromatic rings. The van der Waals surface area contributed by atoms with Crippen LogP contribution in [0, 0.1) is 0 Å². The first-order valence-corrected chi connectivity index (χ1v) is 6.49. The van der Waals surface area contributed by atoms with Gasteiger partial charge < -0.3 is 10.4 Å². The van der Waals surface area contributed by atoms with Crippen molar-refractivity contribution < 1.29 is 9.90 Å². The minimum Gasteiger partial charge on any atom is -0.478 e. The number of hydrogen-bond donors (Lipinski definition) is 2. The molecule has 0 aliphatic carbocycles. The van der Waals surface area contributed by atoms with Crippen LogP contribution in [0.4, 0.5) is 0 Å². The number of rotatable bonds is 5. The van der Waals surface area contributed by atoms with Gasteiger partial charge in [0.05, 0.1) is 5.56 Å². The van der Waals surface area contributed by atoms with Gasteiger partial charge in [-0.2, -0.15) is 0 Å². The summed E-state index contributed by atoms with van der Waals surface area (Å²) in [5, 5.41) is 13.8. The van der Waals surface area contributed by atoms with Gasteiger partial charge in [-0.25, -0.2) is 4.79 Å². The highest BCUT2D eigenvalue weighted by Crippen LogP contribution is 2.16. The van der Waals surface area contributed by atoms with Crippen molar-refractivity contribution in [2.75, 3.05) is 0 Å². The van der Waals surface area contributed by atoms with Gasteiger partial charge in [0, 0.05) is 35.2 Å². The highest BCUT2D eigenvalue weighted by molar-refractivity contribution is 7.10. The molecule has 1 atom stereocenters. The Bertz CT molecular complexity index is 525. The van der Waals surface area contributed by atoms with Gasteiger partial charge in [0.25, 0.3) is 0 Å². The quantitative estimate of drug-likeness (QED) is 0.869. The van der Waals surface area contributed by atoms with E-state index < -0.39 is 5.97 Å². The molecule has 2 heterocycles. The summed E-state index contributed by atoms with van der Waals surface area (Å²) < 4.78 is 0. The monoisotopic (exact) mass is 262 g/mol. The lowest BCUT2D eigenvalue weighted by Crippen LogP contribution is -2.17. The normalized spacial score (nSPS) is 12.3.